The molecule has 0 fully saturated rings. The normalized spacial score (nSPS) is 10.4. The Labute approximate surface area is 136 Å². The number of carbonyl (C=O) groups excluding carboxylic acids is 1. The van der Waals surface area contributed by atoms with Crippen molar-refractivity contribution in [3.63, 3.8) is 0 Å². The van der Waals surface area contributed by atoms with Crippen molar-refractivity contribution in [1.29, 1.82) is 0 Å². The quantitative estimate of drug-likeness (QED) is 0.768. The van der Waals surface area contributed by atoms with E-state index in [0.717, 1.165) is 15.2 Å². The number of anilines is 1. The zero-order valence-electron chi connectivity index (χ0n) is 11.6. The summed E-state index contributed by atoms with van der Waals surface area (Å²) in [6.07, 6.45) is 1.62. The van der Waals surface area contributed by atoms with E-state index in [1.165, 1.54) is 0 Å². The second-order valence-corrected chi connectivity index (χ2v) is 5.62. The van der Waals surface area contributed by atoms with Crippen molar-refractivity contribution in [3.05, 3.63) is 65.3 Å². The SMILES string of the molecule is O=C(COc1ccc2cc(Br)ccc2c1)Nc1ccccn1. The molecule has 1 heterocycles. The van der Waals surface area contributed by atoms with Crippen molar-refractivity contribution in [3.8, 4) is 5.75 Å². The minimum atomic E-state index is -0.241. The number of pyridine rings is 1. The molecule has 0 aliphatic heterocycles. The van der Waals surface area contributed by atoms with Crippen LogP contribution in [0.15, 0.2) is 65.3 Å². The van der Waals surface area contributed by atoms with Gasteiger partial charge in [-0.15, -0.1) is 0 Å². The number of amides is 1. The minimum absolute atomic E-state index is 0.0569. The van der Waals surface area contributed by atoms with E-state index in [1.807, 2.05) is 42.5 Å². The summed E-state index contributed by atoms with van der Waals surface area (Å²) in [6, 6.07) is 17.1. The highest BCUT2D eigenvalue weighted by atomic mass is 79.9. The number of hydrogen-bond acceptors (Lipinski definition) is 3. The highest BCUT2D eigenvalue weighted by Crippen LogP contribution is 2.24. The monoisotopic (exact) mass is 356 g/mol. The topological polar surface area (TPSA) is 51.2 Å². The van der Waals surface area contributed by atoms with Gasteiger partial charge in [-0.1, -0.05) is 34.1 Å². The van der Waals surface area contributed by atoms with Crippen molar-refractivity contribution in [2.24, 2.45) is 0 Å². The molecule has 0 unspecified atom stereocenters. The third-order valence-corrected chi connectivity index (χ3v) is 3.57. The van der Waals surface area contributed by atoms with E-state index in [9.17, 15) is 4.79 Å². The van der Waals surface area contributed by atoms with Crippen molar-refractivity contribution in [2.75, 3.05) is 11.9 Å². The Bertz CT molecular complexity index is 806. The number of nitrogens with zero attached hydrogens (tertiary/aromatic N) is 1. The van der Waals surface area contributed by atoms with Crippen LogP contribution < -0.4 is 10.1 Å². The number of aromatic nitrogens is 1. The maximum atomic E-state index is 11.8. The van der Waals surface area contributed by atoms with E-state index in [-0.39, 0.29) is 12.5 Å². The van der Waals surface area contributed by atoms with Gasteiger partial charge in [-0.05, 0) is 47.2 Å². The van der Waals surface area contributed by atoms with Gasteiger partial charge >= 0.3 is 0 Å². The van der Waals surface area contributed by atoms with Crippen LogP contribution in [0.1, 0.15) is 0 Å². The largest absolute Gasteiger partial charge is 0.484 e. The Morgan fingerprint density at radius 2 is 1.91 bits per heavy atom. The summed E-state index contributed by atoms with van der Waals surface area (Å²) in [7, 11) is 0. The Morgan fingerprint density at radius 1 is 1.09 bits per heavy atom. The molecule has 5 heteroatoms. The van der Waals surface area contributed by atoms with Gasteiger partial charge in [0, 0.05) is 10.7 Å². The molecule has 0 saturated heterocycles. The van der Waals surface area contributed by atoms with E-state index in [4.69, 9.17) is 4.74 Å². The molecular formula is C17H13BrN2O2. The van der Waals surface area contributed by atoms with Gasteiger partial charge in [-0.2, -0.15) is 0 Å². The molecule has 4 nitrogen and oxygen atoms in total. The highest BCUT2D eigenvalue weighted by molar-refractivity contribution is 9.10. The zero-order chi connectivity index (χ0) is 15.4. The van der Waals surface area contributed by atoms with Crippen molar-refractivity contribution in [1.82, 2.24) is 4.98 Å². The van der Waals surface area contributed by atoms with Gasteiger partial charge in [0.15, 0.2) is 6.61 Å². The molecule has 22 heavy (non-hydrogen) atoms. The fourth-order valence-electron chi connectivity index (χ4n) is 2.05. The number of carbonyl (C=O) groups is 1. The van der Waals surface area contributed by atoms with Gasteiger partial charge < -0.3 is 10.1 Å². The smallest absolute Gasteiger partial charge is 0.263 e. The number of fused-ring (bicyclic) bond motifs is 1. The van der Waals surface area contributed by atoms with Gasteiger partial charge in [0.1, 0.15) is 11.6 Å². The molecular weight excluding hydrogens is 344 g/mol. The fraction of sp³-hybridized carbons (Fsp3) is 0.0588. The Kier molecular flexibility index (Phi) is 4.34. The summed E-state index contributed by atoms with van der Waals surface area (Å²) in [5.74, 6) is 0.931. The highest BCUT2D eigenvalue weighted by Gasteiger charge is 2.05. The van der Waals surface area contributed by atoms with Crippen LogP contribution >= 0.6 is 15.9 Å². The van der Waals surface area contributed by atoms with Crippen LogP contribution in [0, 0.1) is 0 Å². The van der Waals surface area contributed by atoms with Crippen molar-refractivity contribution < 1.29 is 9.53 Å². The molecule has 3 aromatic rings. The average molecular weight is 357 g/mol. The number of rotatable bonds is 4. The van der Waals surface area contributed by atoms with Crippen molar-refractivity contribution >= 4 is 38.4 Å². The molecule has 0 radical (unpaired) electrons. The zero-order valence-corrected chi connectivity index (χ0v) is 13.2. The van der Waals surface area contributed by atoms with Gasteiger partial charge in [0.25, 0.3) is 5.91 Å². The molecule has 0 aliphatic carbocycles. The lowest BCUT2D eigenvalue weighted by molar-refractivity contribution is -0.118. The van der Waals surface area contributed by atoms with E-state index in [1.54, 1.807) is 18.3 Å². The lowest BCUT2D eigenvalue weighted by Gasteiger charge is -2.08. The van der Waals surface area contributed by atoms with E-state index in [2.05, 4.69) is 26.2 Å². The molecule has 1 N–H and O–H groups in total. The third-order valence-electron chi connectivity index (χ3n) is 3.08. The summed E-state index contributed by atoms with van der Waals surface area (Å²) < 4.78 is 6.56. The lowest BCUT2D eigenvalue weighted by Crippen LogP contribution is -2.20. The van der Waals surface area contributed by atoms with E-state index < -0.39 is 0 Å². The Hall–Kier alpha value is -2.40. The molecule has 0 spiro atoms. The first-order valence-electron chi connectivity index (χ1n) is 6.74. The van der Waals surface area contributed by atoms with Gasteiger partial charge in [0.05, 0.1) is 0 Å². The first-order chi connectivity index (χ1) is 10.7. The first kappa shape index (κ1) is 14.5. The van der Waals surface area contributed by atoms with Crippen LogP contribution in [-0.2, 0) is 4.79 Å². The average Bonchev–Trinajstić information content (AvgIpc) is 2.54. The summed E-state index contributed by atoms with van der Waals surface area (Å²) in [5.41, 5.74) is 0. The van der Waals surface area contributed by atoms with Crippen LogP contribution in [0.4, 0.5) is 5.82 Å². The molecule has 1 amide bonds. The molecule has 0 atom stereocenters. The van der Waals surface area contributed by atoms with Crippen LogP contribution in [0.25, 0.3) is 10.8 Å². The van der Waals surface area contributed by atoms with E-state index >= 15 is 0 Å². The second kappa shape index (κ2) is 6.58. The molecule has 0 aliphatic rings. The van der Waals surface area contributed by atoms with Crippen LogP contribution in [-0.4, -0.2) is 17.5 Å². The maximum Gasteiger partial charge on any atom is 0.263 e. The third kappa shape index (κ3) is 3.62. The molecule has 0 bridgehead atoms. The summed E-state index contributed by atoms with van der Waals surface area (Å²) in [4.78, 5) is 15.8. The number of hydrogen-bond donors (Lipinski definition) is 1. The van der Waals surface area contributed by atoms with Crippen molar-refractivity contribution in [2.45, 2.75) is 0 Å². The maximum absolute atomic E-state index is 11.8. The molecule has 110 valence electrons. The molecule has 1 aromatic heterocycles. The standard InChI is InChI=1S/C17H13BrN2O2/c18-14-6-4-13-10-15(7-5-12(13)9-14)22-11-17(21)20-16-3-1-2-8-19-16/h1-10H,11H2,(H,19,20,21). The van der Waals surface area contributed by atoms with Gasteiger partial charge in [-0.25, -0.2) is 4.98 Å². The Balaban J connectivity index is 1.63. The molecule has 0 saturated carbocycles. The Morgan fingerprint density at radius 3 is 2.73 bits per heavy atom. The number of ether oxygens (including phenoxy) is 1. The van der Waals surface area contributed by atoms with Crippen LogP contribution in [0.3, 0.4) is 0 Å². The van der Waals surface area contributed by atoms with Gasteiger partial charge in [-0.3, -0.25) is 4.79 Å². The lowest BCUT2D eigenvalue weighted by atomic mass is 10.1. The molecule has 3 rings (SSSR count). The number of halogens is 1. The predicted octanol–water partition coefficient (Wildman–Crippen LogP) is 4.01. The first-order valence-corrected chi connectivity index (χ1v) is 7.53. The van der Waals surface area contributed by atoms with Crippen LogP contribution in [0.5, 0.6) is 5.75 Å². The number of nitrogens with one attached hydrogen (secondary N) is 1. The summed E-state index contributed by atoms with van der Waals surface area (Å²) in [6.45, 7) is -0.0569. The number of benzene rings is 2. The summed E-state index contributed by atoms with van der Waals surface area (Å²) in [5, 5.41) is 4.85. The predicted molar refractivity (Wildman–Crippen MR) is 90.0 cm³/mol. The fourth-order valence-corrected chi connectivity index (χ4v) is 2.43. The molecule has 2 aromatic carbocycles. The summed E-state index contributed by atoms with van der Waals surface area (Å²) >= 11 is 3.44. The second-order valence-electron chi connectivity index (χ2n) is 4.71. The van der Waals surface area contributed by atoms with E-state index in [0.29, 0.717) is 11.6 Å². The van der Waals surface area contributed by atoms with Crippen LogP contribution in [0.2, 0.25) is 0 Å². The minimum Gasteiger partial charge on any atom is -0.484 e. The van der Waals surface area contributed by atoms with Gasteiger partial charge in [0.2, 0.25) is 0 Å².